The SMILES string of the molecule is Cc1nc2cnc3ccc(-c4cnc5[nH]ccc5c4)cc3c2n1C. The fraction of sp³-hybridized carbons (Fsp3) is 0.105. The van der Waals surface area contributed by atoms with Crippen LogP contribution in [0.2, 0.25) is 0 Å². The van der Waals surface area contributed by atoms with E-state index in [0.717, 1.165) is 49.9 Å². The summed E-state index contributed by atoms with van der Waals surface area (Å²) in [6.07, 6.45) is 5.66. The average molecular weight is 313 g/mol. The number of benzene rings is 1. The molecule has 0 fully saturated rings. The quantitative estimate of drug-likeness (QED) is 0.509. The molecule has 5 heteroatoms. The lowest BCUT2D eigenvalue weighted by atomic mass is 10.0. The highest BCUT2D eigenvalue weighted by Crippen LogP contribution is 2.29. The lowest BCUT2D eigenvalue weighted by Gasteiger charge is -2.06. The van der Waals surface area contributed by atoms with Crippen LogP contribution in [0.3, 0.4) is 0 Å². The van der Waals surface area contributed by atoms with Crippen LogP contribution in [0.25, 0.3) is 44.1 Å². The summed E-state index contributed by atoms with van der Waals surface area (Å²) in [4.78, 5) is 16.7. The number of hydrogen-bond acceptors (Lipinski definition) is 3. The normalized spacial score (nSPS) is 11.8. The number of rotatable bonds is 1. The van der Waals surface area contributed by atoms with E-state index in [0.29, 0.717) is 0 Å². The second-order valence-corrected chi connectivity index (χ2v) is 6.08. The van der Waals surface area contributed by atoms with Crippen molar-refractivity contribution < 1.29 is 0 Å². The van der Waals surface area contributed by atoms with Gasteiger partial charge >= 0.3 is 0 Å². The summed E-state index contributed by atoms with van der Waals surface area (Å²) in [7, 11) is 2.05. The van der Waals surface area contributed by atoms with Gasteiger partial charge in [-0.15, -0.1) is 0 Å². The summed E-state index contributed by atoms with van der Waals surface area (Å²) in [6, 6.07) is 10.5. The smallest absolute Gasteiger partial charge is 0.137 e. The molecule has 24 heavy (non-hydrogen) atoms. The predicted molar refractivity (Wildman–Crippen MR) is 95.8 cm³/mol. The lowest BCUT2D eigenvalue weighted by molar-refractivity contribution is 0.888. The standard InChI is InChI=1S/C19H15N5/c1-11-23-17-10-21-16-4-3-12(8-15(16)18(17)24(11)2)14-7-13-5-6-20-19(13)22-9-14/h3-10H,1-2H3,(H,20,22). The minimum Gasteiger partial charge on any atom is -0.346 e. The Morgan fingerprint density at radius 3 is 2.79 bits per heavy atom. The average Bonchev–Trinajstić information content (AvgIpc) is 3.18. The maximum Gasteiger partial charge on any atom is 0.137 e. The van der Waals surface area contributed by atoms with Gasteiger partial charge in [-0.2, -0.15) is 0 Å². The zero-order valence-corrected chi connectivity index (χ0v) is 13.4. The van der Waals surface area contributed by atoms with Crippen LogP contribution in [0, 0.1) is 6.92 Å². The molecule has 0 unspecified atom stereocenters. The van der Waals surface area contributed by atoms with Gasteiger partial charge in [0.05, 0.1) is 17.2 Å². The Hall–Kier alpha value is -3.21. The molecule has 5 aromatic rings. The van der Waals surface area contributed by atoms with Gasteiger partial charge in [0.1, 0.15) is 17.0 Å². The first-order chi connectivity index (χ1) is 11.7. The largest absolute Gasteiger partial charge is 0.346 e. The lowest BCUT2D eigenvalue weighted by Crippen LogP contribution is -1.92. The van der Waals surface area contributed by atoms with E-state index in [9.17, 15) is 0 Å². The van der Waals surface area contributed by atoms with Crippen LogP contribution in [-0.4, -0.2) is 24.5 Å². The Morgan fingerprint density at radius 1 is 0.958 bits per heavy atom. The number of fused-ring (bicyclic) bond motifs is 4. The van der Waals surface area contributed by atoms with Gasteiger partial charge in [0, 0.05) is 35.8 Å². The van der Waals surface area contributed by atoms with Gasteiger partial charge in [-0.3, -0.25) is 4.98 Å². The second-order valence-electron chi connectivity index (χ2n) is 6.08. The molecule has 5 rings (SSSR count). The van der Waals surface area contributed by atoms with E-state index in [1.54, 1.807) is 0 Å². The summed E-state index contributed by atoms with van der Waals surface area (Å²) in [6.45, 7) is 2.01. The van der Waals surface area contributed by atoms with Gasteiger partial charge in [-0.25, -0.2) is 9.97 Å². The molecule has 0 aliphatic rings. The highest BCUT2D eigenvalue weighted by Gasteiger charge is 2.11. The van der Waals surface area contributed by atoms with Crippen molar-refractivity contribution in [1.82, 2.24) is 24.5 Å². The van der Waals surface area contributed by atoms with E-state index in [1.165, 1.54) is 0 Å². The third kappa shape index (κ3) is 1.78. The van der Waals surface area contributed by atoms with Crippen molar-refractivity contribution in [3.8, 4) is 11.1 Å². The van der Waals surface area contributed by atoms with E-state index in [-0.39, 0.29) is 0 Å². The first kappa shape index (κ1) is 13.2. The molecule has 0 saturated heterocycles. The number of imidazole rings is 1. The number of aryl methyl sites for hydroxylation is 2. The minimum atomic E-state index is 0.908. The van der Waals surface area contributed by atoms with E-state index < -0.39 is 0 Å². The van der Waals surface area contributed by atoms with Gasteiger partial charge in [-0.05, 0) is 36.8 Å². The molecule has 4 aromatic heterocycles. The maximum atomic E-state index is 4.58. The predicted octanol–water partition coefficient (Wildman–Crippen LogP) is 3.97. The van der Waals surface area contributed by atoms with Crippen LogP contribution in [0.1, 0.15) is 5.82 Å². The molecule has 0 amide bonds. The van der Waals surface area contributed by atoms with Gasteiger partial charge in [0.15, 0.2) is 0 Å². The Kier molecular flexibility index (Phi) is 2.56. The maximum absolute atomic E-state index is 4.58. The number of nitrogens with zero attached hydrogens (tertiary/aromatic N) is 4. The van der Waals surface area contributed by atoms with Crippen molar-refractivity contribution in [3.63, 3.8) is 0 Å². The second kappa shape index (κ2) is 4.64. The number of hydrogen-bond donors (Lipinski definition) is 1. The molecule has 5 nitrogen and oxygen atoms in total. The van der Waals surface area contributed by atoms with E-state index in [4.69, 9.17) is 0 Å². The molecule has 0 atom stereocenters. The summed E-state index contributed by atoms with van der Waals surface area (Å²) >= 11 is 0. The molecule has 0 saturated carbocycles. The monoisotopic (exact) mass is 313 g/mol. The summed E-state index contributed by atoms with van der Waals surface area (Å²) < 4.78 is 2.12. The van der Waals surface area contributed by atoms with E-state index >= 15 is 0 Å². The number of aromatic nitrogens is 5. The van der Waals surface area contributed by atoms with E-state index in [1.807, 2.05) is 38.6 Å². The molecule has 1 N–H and O–H groups in total. The molecule has 0 bridgehead atoms. The minimum absolute atomic E-state index is 0.908. The van der Waals surface area contributed by atoms with Crippen LogP contribution in [-0.2, 0) is 7.05 Å². The van der Waals surface area contributed by atoms with E-state index in [2.05, 4.69) is 48.8 Å². The van der Waals surface area contributed by atoms with Crippen LogP contribution < -0.4 is 0 Å². The number of pyridine rings is 2. The molecule has 1 aromatic carbocycles. The fourth-order valence-electron chi connectivity index (χ4n) is 3.29. The molecule has 4 heterocycles. The first-order valence-electron chi connectivity index (χ1n) is 7.86. The molecule has 0 radical (unpaired) electrons. The van der Waals surface area contributed by atoms with Crippen molar-refractivity contribution in [2.75, 3.05) is 0 Å². The summed E-state index contributed by atoms with van der Waals surface area (Å²) in [5.41, 5.74) is 6.16. The van der Waals surface area contributed by atoms with Crippen molar-refractivity contribution >= 4 is 33.0 Å². The first-order valence-corrected chi connectivity index (χ1v) is 7.86. The van der Waals surface area contributed by atoms with Crippen LogP contribution in [0.5, 0.6) is 0 Å². The Balaban J connectivity index is 1.81. The Bertz CT molecular complexity index is 1230. The van der Waals surface area contributed by atoms with Gasteiger partial charge in [-0.1, -0.05) is 6.07 Å². The fourth-order valence-corrected chi connectivity index (χ4v) is 3.29. The molecule has 0 aliphatic heterocycles. The van der Waals surface area contributed by atoms with Crippen molar-refractivity contribution in [3.05, 3.63) is 54.7 Å². The summed E-state index contributed by atoms with van der Waals surface area (Å²) in [5, 5.41) is 2.22. The molecular formula is C19H15N5. The molecule has 116 valence electrons. The van der Waals surface area contributed by atoms with Crippen molar-refractivity contribution in [1.29, 1.82) is 0 Å². The number of nitrogens with one attached hydrogen (secondary N) is 1. The van der Waals surface area contributed by atoms with Gasteiger partial charge < -0.3 is 9.55 Å². The van der Waals surface area contributed by atoms with Crippen LogP contribution >= 0.6 is 0 Å². The third-order valence-corrected chi connectivity index (χ3v) is 4.66. The molecular weight excluding hydrogens is 298 g/mol. The highest BCUT2D eigenvalue weighted by molar-refractivity contribution is 6.04. The zero-order valence-electron chi connectivity index (χ0n) is 13.4. The molecule has 0 aliphatic carbocycles. The molecule has 0 spiro atoms. The van der Waals surface area contributed by atoms with Gasteiger partial charge in [0.2, 0.25) is 0 Å². The Labute approximate surface area is 138 Å². The van der Waals surface area contributed by atoms with Crippen LogP contribution in [0.15, 0.2) is 48.9 Å². The topological polar surface area (TPSA) is 59.4 Å². The number of aromatic amines is 1. The highest BCUT2D eigenvalue weighted by atomic mass is 15.1. The van der Waals surface area contributed by atoms with Crippen LogP contribution in [0.4, 0.5) is 0 Å². The van der Waals surface area contributed by atoms with Crippen molar-refractivity contribution in [2.45, 2.75) is 6.92 Å². The van der Waals surface area contributed by atoms with Crippen molar-refractivity contribution in [2.24, 2.45) is 7.05 Å². The third-order valence-electron chi connectivity index (χ3n) is 4.66. The Morgan fingerprint density at radius 2 is 1.88 bits per heavy atom. The van der Waals surface area contributed by atoms with Gasteiger partial charge in [0.25, 0.3) is 0 Å². The summed E-state index contributed by atoms with van der Waals surface area (Å²) in [5.74, 6) is 0.986. The number of H-pyrrole nitrogens is 1. The zero-order chi connectivity index (χ0) is 16.3.